The van der Waals surface area contributed by atoms with Gasteiger partial charge in [-0.25, -0.2) is 4.39 Å². The largest absolute Gasteiger partial charge is 0.494 e. The molecule has 3 aromatic rings. The molecule has 22 heavy (non-hydrogen) atoms. The van der Waals surface area contributed by atoms with Crippen molar-refractivity contribution in [3.05, 3.63) is 66.5 Å². The van der Waals surface area contributed by atoms with Crippen LogP contribution in [0.15, 0.2) is 55.1 Å². The number of aromatic nitrogens is 3. The lowest BCUT2D eigenvalue weighted by molar-refractivity contribution is 0.151. The quantitative estimate of drug-likeness (QED) is 0.788. The van der Waals surface area contributed by atoms with Gasteiger partial charge in [0, 0.05) is 18.6 Å². The second-order valence-electron chi connectivity index (χ2n) is 4.92. The second-order valence-corrected chi connectivity index (χ2v) is 4.92. The van der Waals surface area contributed by atoms with Crippen molar-refractivity contribution in [2.45, 2.75) is 12.6 Å². The molecule has 0 aliphatic heterocycles. The van der Waals surface area contributed by atoms with E-state index in [2.05, 4.69) is 5.10 Å². The summed E-state index contributed by atoms with van der Waals surface area (Å²) in [7, 11) is 1.40. The number of nitrogens with zero attached hydrogens (tertiary/aromatic N) is 3. The molecule has 0 aliphatic rings. The van der Waals surface area contributed by atoms with Crippen molar-refractivity contribution in [2.75, 3.05) is 7.11 Å². The highest BCUT2D eigenvalue weighted by Crippen LogP contribution is 2.23. The Bertz CT molecular complexity index is 753. The SMILES string of the molecule is COc1ccc(C(O)Cn2cc(-n3cccc3)cn2)cc1F. The van der Waals surface area contributed by atoms with Gasteiger partial charge in [0.2, 0.25) is 0 Å². The van der Waals surface area contributed by atoms with Crippen LogP contribution in [0.25, 0.3) is 5.69 Å². The van der Waals surface area contributed by atoms with Gasteiger partial charge in [-0.2, -0.15) is 5.10 Å². The minimum absolute atomic E-state index is 0.157. The van der Waals surface area contributed by atoms with Crippen molar-refractivity contribution in [2.24, 2.45) is 0 Å². The van der Waals surface area contributed by atoms with Crippen molar-refractivity contribution in [1.82, 2.24) is 14.3 Å². The van der Waals surface area contributed by atoms with Crippen LogP contribution in [0.5, 0.6) is 5.75 Å². The molecule has 0 saturated heterocycles. The maximum absolute atomic E-state index is 13.7. The molecule has 5 nitrogen and oxygen atoms in total. The molecule has 0 radical (unpaired) electrons. The molecule has 1 atom stereocenters. The van der Waals surface area contributed by atoms with E-state index in [1.54, 1.807) is 16.9 Å². The van der Waals surface area contributed by atoms with Crippen LogP contribution in [-0.4, -0.2) is 26.6 Å². The van der Waals surface area contributed by atoms with Crippen molar-refractivity contribution in [3.63, 3.8) is 0 Å². The Morgan fingerprint density at radius 3 is 2.77 bits per heavy atom. The zero-order valence-electron chi connectivity index (χ0n) is 12.1. The van der Waals surface area contributed by atoms with Gasteiger partial charge in [-0.15, -0.1) is 0 Å². The normalized spacial score (nSPS) is 12.3. The molecular formula is C16H16FN3O2. The Morgan fingerprint density at radius 1 is 1.32 bits per heavy atom. The standard InChI is InChI=1S/C16H16FN3O2/c1-22-16-5-4-12(8-14(16)17)15(21)11-20-10-13(9-18-20)19-6-2-3-7-19/h2-10,15,21H,11H2,1H3. The number of ether oxygens (including phenoxy) is 1. The molecule has 1 unspecified atom stereocenters. The van der Waals surface area contributed by atoms with Gasteiger partial charge in [0.25, 0.3) is 0 Å². The molecule has 2 heterocycles. The summed E-state index contributed by atoms with van der Waals surface area (Å²) in [5, 5.41) is 14.4. The van der Waals surface area contributed by atoms with E-state index in [0.717, 1.165) is 5.69 Å². The average Bonchev–Trinajstić information content (AvgIpc) is 3.17. The fourth-order valence-corrected chi connectivity index (χ4v) is 2.26. The number of halogens is 1. The number of aliphatic hydroxyl groups excluding tert-OH is 1. The number of aliphatic hydroxyl groups is 1. The van der Waals surface area contributed by atoms with Crippen molar-refractivity contribution < 1.29 is 14.2 Å². The van der Waals surface area contributed by atoms with Crippen LogP contribution in [0.1, 0.15) is 11.7 Å². The van der Waals surface area contributed by atoms with E-state index >= 15 is 0 Å². The molecule has 0 saturated carbocycles. The van der Waals surface area contributed by atoms with Gasteiger partial charge >= 0.3 is 0 Å². The van der Waals surface area contributed by atoms with Crippen LogP contribution < -0.4 is 4.74 Å². The van der Waals surface area contributed by atoms with Gasteiger partial charge in [-0.3, -0.25) is 4.68 Å². The maximum atomic E-state index is 13.7. The van der Waals surface area contributed by atoms with Gasteiger partial charge in [0.1, 0.15) is 0 Å². The summed E-state index contributed by atoms with van der Waals surface area (Å²) in [5.41, 5.74) is 1.38. The van der Waals surface area contributed by atoms with Crippen LogP contribution in [0, 0.1) is 5.82 Å². The van der Waals surface area contributed by atoms with E-state index in [1.165, 1.54) is 19.2 Å². The molecule has 114 valence electrons. The Morgan fingerprint density at radius 2 is 2.09 bits per heavy atom. The monoisotopic (exact) mass is 301 g/mol. The minimum Gasteiger partial charge on any atom is -0.494 e. The number of benzene rings is 1. The lowest BCUT2D eigenvalue weighted by Crippen LogP contribution is -2.09. The summed E-state index contributed by atoms with van der Waals surface area (Å²) < 4.78 is 22.1. The molecule has 0 spiro atoms. The smallest absolute Gasteiger partial charge is 0.165 e. The second kappa shape index (κ2) is 6.03. The first-order valence-electron chi connectivity index (χ1n) is 6.84. The average molecular weight is 301 g/mol. The predicted octanol–water partition coefficient (Wildman–Crippen LogP) is 2.56. The third-order valence-corrected chi connectivity index (χ3v) is 3.44. The summed E-state index contributed by atoms with van der Waals surface area (Å²) in [6.45, 7) is 0.243. The van der Waals surface area contributed by atoms with Gasteiger partial charge in [-0.1, -0.05) is 6.07 Å². The molecule has 2 aromatic heterocycles. The highest BCUT2D eigenvalue weighted by Gasteiger charge is 2.13. The van der Waals surface area contributed by atoms with Crippen molar-refractivity contribution in [3.8, 4) is 11.4 Å². The first-order chi connectivity index (χ1) is 10.7. The third-order valence-electron chi connectivity index (χ3n) is 3.44. The number of hydrogen-bond donors (Lipinski definition) is 1. The third kappa shape index (κ3) is 2.87. The molecule has 0 fully saturated rings. The molecular weight excluding hydrogens is 285 g/mol. The molecule has 0 amide bonds. The van der Waals surface area contributed by atoms with Crippen LogP contribution in [-0.2, 0) is 6.54 Å². The Hall–Kier alpha value is -2.60. The summed E-state index contributed by atoms with van der Waals surface area (Å²) in [5.74, 6) is -0.336. The lowest BCUT2D eigenvalue weighted by atomic mass is 10.1. The maximum Gasteiger partial charge on any atom is 0.165 e. The van der Waals surface area contributed by atoms with Crippen LogP contribution in [0.2, 0.25) is 0 Å². The van der Waals surface area contributed by atoms with Crippen molar-refractivity contribution in [1.29, 1.82) is 0 Å². The molecule has 1 aromatic carbocycles. The van der Waals surface area contributed by atoms with Gasteiger partial charge < -0.3 is 14.4 Å². The first kappa shape index (κ1) is 14.3. The van der Waals surface area contributed by atoms with Gasteiger partial charge in [0.05, 0.1) is 31.6 Å². The highest BCUT2D eigenvalue weighted by molar-refractivity contribution is 5.30. The van der Waals surface area contributed by atoms with Crippen LogP contribution in [0.4, 0.5) is 4.39 Å². The fraction of sp³-hybridized carbons (Fsp3) is 0.188. The Kier molecular flexibility index (Phi) is 3.93. The molecule has 1 N–H and O–H groups in total. The van der Waals surface area contributed by atoms with E-state index in [0.29, 0.717) is 5.56 Å². The predicted molar refractivity (Wildman–Crippen MR) is 79.5 cm³/mol. The van der Waals surface area contributed by atoms with E-state index in [4.69, 9.17) is 4.74 Å². The zero-order valence-corrected chi connectivity index (χ0v) is 12.1. The van der Waals surface area contributed by atoms with E-state index in [-0.39, 0.29) is 12.3 Å². The van der Waals surface area contributed by atoms with Gasteiger partial charge in [-0.05, 0) is 29.8 Å². The topological polar surface area (TPSA) is 52.2 Å². The summed E-state index contributed by atoms with van der Waals surface area (Å²) in [4.78, 5) is 0. The van der Waals surface area contributed by atoms with E-state index in [9.17, 15) is 9.50 Å². The fourth-order valence-electron chi connectivity index (χ4n) is 2.26. The van der Waals surface area contributed by atoms with Gasteiger partial charge in [0.15, 0.2) is 11.6 Å². The number of rotatable bonds is 5. The lowest BCUT2D eigenvalue weighted by Gasteiger charge is -2.12. The van der Waals surface area contributed by atoms with Crippen LogP contribution in [0.3, 0.4) is 0 Å². The molecule has 0 bridgehead atoms. The molecule has 0 aliphatic carbocycles. The molecule has 3 rings (SSSR count). The summed E-state index contributed by atoms with van der Waals surface area (Å²) in [6.07, 6.45) is 6.51. The van der Waals surface area contributed by atoms with Crippen molar-refractivity contribution >= 4 is 0 Å². The minimum atomic E-state index is -0.849. The zero-order chi connectivity index (χ0) is 15.5. The van der Waals surface area contributed by atoms with E-state index < -0.39 is 11.9 Å². The molecule has 6 heteroatoms. The summed E-state index contributed by atoms with van der Waals surface area (Å²) >= 11 is 0. The van der Waals surface area contributed by atoms with E-state index in [1.807, 2.05) is 35.3 Å². The number of methoxy groups -OCH3 is 1. The highest BCUT2D eigenvalue weighted by atomic mass is 19.1. The van der Waals surface area contributed by atoms with Crippen LogP contribution >= 0.6 is 0 Å². The Labute approximate surface area is 127 Å². The first-order valence-corrected chi connectivity index (χ1v) is 6.84. The summed E-state index contributed by atoms with van der Waals surface area (Å²) in [6, 6.07) is 8.27. The Balaban J connectivity index is 1.74. The number of hydrogen-bond acceptors (Lipinski definition) is 3.